The molecule has 0 fully saturated rings. The number of nitrogens with one attached hydrogen (secondary N) is 1. The fraction of sp³-hybridized carbons (Fsp3) is 0.417. The van der Waals surface area contributed by atoms with Gasteiger partial charge in [0.2, 0.25) is 0 Å². The van der Waals surface area contributed by atoms with Crippen LogP contribution < -0.4 is 5.32 Å². The fourth-order valence-corrected chi connectivity index (χ4v) is 1.50. The minimum Gasteiger partial charge on any atom is -0.508 e. The quantitative estimate of drug-likeness (QED) is 0.823. The van der Waals surface area contributed by atoms with E-state index in [1.165, 1.54) is 0 Å². The van der Waals surface area contributed by atoms with Crippen LogP contribution in [0.2, 0.25) is 0 Å². The number of amides is 2. The highest BCUT2D eigenvalue weighted by molar-refractivity contribution is 5.74. The maximum Gasteiger partial charge on any atom is 0.317 e. The van der Waals surface area contributed by atoms with Crippen LogP contribution in [-0.4, -0.2) is 29.6 Å². The van der Waals surface area contributed by atoms with Gasteiger partial charge in [-0.15, -0.1) is 0 Å². The smallest absolute Gasteiger partial charge is 0.317 e. The van der Waals surface area contributed by atoms with Gasteiger partial charge in [-0.05, 0) is 19.9 Å². The zero-order valence-electron chi connectivity index (χ0n) is 9.90. The summed E-state index contributed by atoms with van der Waals surface area (Å²) in [5.74, 6) is 0.214. The lowest BCUT2D eigenvalue weighted by Gasteiger charge is -2.25. The number of para-hydroxylation sites is 1. The van der Waals surface area contributed by atoms with E-state index in [1.54, 1.807) is 24.1 Å². The van der Waals surface area contributed by atoms with E-state index in [9.17, 15) is 9.90 Å². The molecule has 0 aliphatic heterocycles. The number of aromatic hydroxyl groups is 1. The standard InChI is InChI=1S/C12H18N2O2/c1-4-13-12(16)14(3)9(2)10-7-5-6-8-11(10)15/h5-9,15H,4H2,1-3H3,(H,13,16). The van der Waals surface area contributed by atoms with Crippen LogP contribution in [0.3, 0.4) is 0 Å². The first-order valence-corrected chi connectivity index (χ1v) is 5.36. The van der Waals surface area contributed by atoms with Gasteiger partial charge in [0.15, 0.2) is 0 Å². The molecule has 16 heavy (non-hydrogen) atoms. The second-order valence-electron chi connectivity index (χ2n) is 3.68. The Balaban J connectivity index is 2.82. The average Bonchev–Trinajstić information content (AvgIpc) is 2.28. The Morgan fingerprint density at radius 2 is 2.12 bits per heavy atom. The number of hydrogen-bond donors (Lipinski definition) is 2. The highest BCUT2D eigenvalue weighted by atomic mass is 16.3. The van der Waals surface area contributed by atoms with Crippen LogP contribution in [-0.2, 0) is 0 Å². The largest absolute Gasteiger partial charge is 0.508 e. The lowest BCUT2D eigenvalue weighted by atomic mass is 10.1. The summed E-state index contributed by atoms with van der Waals surface area (Å²) in [4.78, 5) is 13.2. The Kier molecular flexibility index (Phi) is 4.17. The molecule has 2 amide bonds. The number of phenols is 1. The molecular formula is C12H18N2O2. The van der Waals surface area contributed by atoms with E-state index in [0.717, 1.165) is 5.56 Å². The zero-order valence-corrected chi connectivity index (χ0v) is 9.90. The summed E-state index contributed by atoms with van der Waals surface area (Å²) in [6.07, 6.45) is 0. The summed E-state index contributed by atoms with van der Waals surface area (Å²) in [6, 6.07) is 6.74. The third kappa shape index (κ3) is 2.66. The van der Waals surface area contributed by atoms with Crippen LogP contribution in [0.25, 0.3) is 0 Å². The number of carbonyl (C=O) groups is 1. The highest BCUT2D eigenvalue weighted by Crippen LogP contribution is 2.26. The average molecular weight is 222 g/mol. The molecule has 0 aromatic heterocycles. The van der Waals surface area contributed by atoms with E-state index in [1.807, 2.05) is 26.0 Å². The van der Waals surface area contributed by atoms with Gasteiger partial charge in [0.05, 0.1) is 6.04 Å². The van der Waals surface area contributed by atoms with Crippen molar-refractivity contribution in [2.24, 2.45) is 0 Å². The van der Waals surface area contributed by atoms with Crippen LogP contribution in [0.4, 0.5) is 4.79 Å². The van der Waals surface area contributed by atoms with Crippen molar-refractivity contribution >= 4 is 6.03 Å². The molecule has 0 spiro atoms. The number of rotatable bonds is 3. The van der Waals surface area contributed by atoms with Gasteiger partial charge in [0.1, 0.15) is 5.75 Å². The molecule has 1 aromatic carbocycles. The van der Waals surface area contributed by atoms with Crippen LogP contribution in [0.1, 0.15) is 25.5 Å². The van der Waals surface area contributed by atoms with Crippen LogP contribution in [0.15, 0.2) is 24.3 Å². The molecule has 0 saturated heterocycles. The first-order valence-electron chi connectivity index (χ1n) is 5.36. The molecule has 4 heteroatoms. The summed E-state index contributed by atoms with van der Waals surface area (Å²) in [5, 5.41) is 12.4. The fourth-order valence-electron chi connectivity index (χ4n) is 1.50. The molecule has 1 aromatic rings. The maximum absolute atomic E-state index is 11.6. The lowest BCUT2D eigenvalue weighted by molar-refractivity contribution is 0.194. The van der Waals surface area contributed by atoms with Crippen molar-refractivity contribution in [3.05, 3.63) is 29.8 Å². The van der Waals surface area contributed by atoms with Crippen molar-refractivity contribution in [1.82, 2.24) is 10.2 Å². The van der Waals surface area contributed by atoms with Gasteiger partial charge in [-0.2, -0.15) is 0 Å². The van der Waals surface area contributed by atoms with Gasteiger partial charge >= 0.3 is 6.03 Å². The Labute approximate surface area is 95.9 Å². The first kappa shape index (κ1) is 12.4. The molecule has 0 aliphatic carbocycles. The molecule has 88 valence electrons. The van der Waals surface area contributed by atoms with Crippen molar-refractivity contribution < 1.29 is 9.90 Å². The Bertz CT molecular complexity index is 366. The molecule has 0 saturated carbocycles. The summed E-state index contributed by atoms with van der Waals surface area (Å²) in [7, 11) is 1.71. The van der Waals surface area contributed by atoms with Gasteiger partial charge in [0.25, 0.3) is 0 Å². The molecule has 2 N–H and O–H groups in total. The Morgan fingerprint density at radius 3 is 2.69 bits per heavy atom. The summed E-state index contributed by atoms with van der Waals surface area (Å²) in [5.41, 5.74) is 0.747. The van der Waals surface area contributed by atoms with Crippen LogP contribution in [0, 0.1) is 0 Å². The Hall–Kier alpha value is -1.71. The van der Waals surface area contributed by atoms with Gasteiger partial charge < -0.3 is 15.3 Å². The van der Waals surface area contributed by atoms with Crippen molar-refractivity contribution in [3.63, 3.8) is 0 Å². The van der Waals surface area contributed by atoms with Crippen molar-refractivity contribution in [2.75, 3.05) is 13.6 Å². The lowest BCUT2D eigenvalue weighted by Crippen LogP contribution is -2.38. The Morgan fingerprint density at radius 1 is 1.50 bits per heavy atom. The SMILES string of the molecule is CCNC(=O)N(C)C(C)c1ccccc1O. The number of nitrogens with zero attached hydrogens (tertiary/aromatic N) is 1. The number of urea groups is 1. The molecule has 0 aliphatic rings. The summed E-state index contributed by atoms with van der Waals surface area (Å²) >= 11 is 0. The number of carbonyl (C=O) groups excluding carboxylic acids is 1. The van der Waals surface area contributed by atoms with Crippen molar-refractivity contribution in [2.45, 2.75) is 19.9 Å². The minimum atomic E-state index is -0.159. The second-order valence-corrected chi connectivity index (χ2v) is 3.68. The molecule has 1 atom stereocenters. The molecule has 4 nitrogen and oxygen atoms in total. The molecule has 1 rings (SSSR count). The van der Waals surface area contributed by atoms with Gasteiger partial charge in [0, 0.05) is 19.2 Å². The monoisotopic (exact) mass is 222 g/mol. The first-order chi connectivity index (χ1) is 7.57. The summed E-state index contributed by atoms with van der Waals surface area (Å²) < 4.78 is 0. The molecule has 1 unspecified atom stereocenters. The predicted octanol–water partition coefficient (Wildman–Crippen LogP) is 2.11. The third-order valence-corrected chi connectivity index (χ3v) is 2.62. The zero-order chi connectivity index (χ0) is 12.1. The molecule has 0 radical (unpaired) electrons. The number of benzene rings is 1. The summed E-state index contributed by atoms with van der Waals surface area (Å²) in [6.45, 7) is 4.34. The van der Waals surface area contributed by atoms with Crippen molar-refractivity contribution in [3.8, 4) is 5.75 Å². The maximum atomic E-state index is 11.6. The second kappa shape index (κ2) is 5.39. The van der Waals surface area contributed by atoms with Crippen LogP contribution in [0.5, 0.6) is 5.75 Å². The molecular weight excluding hydrogens is 204 g/mol. The topological polar surface area (TPSA) is 52.6 Å². The number of hydrogen-bond acceptors (Lipinski definition) is 2. The van der Waals surface area contributed by atoms with E-state index >= 15 is 0 Å². The molecule has 0 bridgehead atoms. The van der Waals surface area contributed by atoms with Crippen molar-refractivity contribution in [1.29, 1.82) is 0 Å². The normalized spacial score (nSPS) is 11.9. The van der Waals surface area contributed by atoms with E-state index in [4.69, 9.17) is 0 Å². The molecule has 0 heterocycles. The van der Waals surface area contributed by atoms with Gasteiger partial charge in [-0.3, -0.25) is 0 Å². The van der Waals surface area contributed by atoms with E-state index < -0.39 is 0 Å². The van der Waals surface area contributed by atoms with E-state index in [2.05, 4.69) is 5.32 Å². The highest BCUT2D eigenvalue weighted by Gasteiger charge is 2.18. The minimum absolute atomic E-state index is 0.141. The van der Waals surface area contributed by atoms with Gasteiger partial charge in [-0.25, -0.2) is 4.79 Å². The third-order valence-electron chi connectivity index (χ3n) is 2.62. The number of phenolic OH excluding ortho intramolecular Hbond substituents is 1. The van der Waals surface area contributed by atoms with Gasteiger partial charge in [-0.1, -0.05) is 18.2 Å². The predicted molar refractivity (Wildman–Crippen MR) is 63.4 cm³/mol. The van der Waals surface area contributed by atoms with E-state index in [-0.39, 0.29) is 17.8 Å². The van der Waals surface area contributed by atoms with Crippen LogP contribution >= 0.6 is 0 Å². The van der Waals surface area contributed by atoms with E-state index in [0.29, 0.717) is 6.54 Å².